The average Bonchev–Trinajstić information content (AvgIpc) is 2.27. The van der Waals surface area contributed by atoms with Gasteiger partial charge in [-0.15, -0.1) is 0 Å². The number of halogens is 2. The minimum atomic E-state index is -0.389. The second kappa shape index (κ2) is 4.92. The van der Waals surface area contributed by atoms with E-state index >= 15 is 0 Å². The predicted molar refractivity (Wildman–Crippen MR) is 71.1 cm³/mol. The van der Waals surface area contributed by atoms with E-state index in [-0.39, 0.29) is 6.04 Å². The number of nitrogens with two attached hydrogens (primary N) is 2. The molecule has 2 aromatic rings. The minimum absolute atomic E-state index is 0.389. The first-order chi connectivity index (χ1) is 8.08. The van der Waals surface area contributed by atoms with Crippen LogP contribution in [0, 0.1) is 0 Å². The van der Waals surface area contributed by atoms with Gasteiger partial charge in [-0.25, -0.2) is 0 Å². The topological polar surface area (TPSA) is 64.9 Å². The molecular weight excluding hydrogens is 257 g/mol. The van der Waals surface area contributed by atoms with Crippen molar-refractivity contribution in [3.63, 3.8) is 0 Å². The Bertz CT molecular complexity index is 523. The van der Waals surface area contributed by atoms with Crippen molar-refractivity contribution in [3.05, 3.63) is 57.8 Å². The van der Waals surface area contributed by atoms with E-state index in [1.165, 1.54) is 0 Å². The number of benzene rings is 1. The predicted octanol–water partition coefficient (Wildman–Crippen LogP) is 3.02. The summed E-state index contributed by atoms with van der Waals surface area (Å²) in [7, 11) is 0. The van der Waals surface area contributed by atoms with Gasteiger partial charge >= 0.3 is 0 Å². The van der Waals surface area contributed by atoms with Crippen molar-refractivity contribution in [2.45, 2.75) is 6.04 Å². The van der Waals surface area contributed by atoms with E-state index in [9.17, 15) is 0 Å². The zero-order valence-electron chi connectivity index (χ0n) is 8.90. The summed E-state index contributed by atoms with van der Waals surface area (Å²) >= 11 is 11.9. The first-order valence-corrected chi connectivity index (χ1v) is 5.74. The van der Waals surface area contributed by atoms with Crippen LogP contribution in [0.2, 0.25) is 10.0 Å². The number of hydrogen-bond acceptors (Lipinski definition) is 3. The number of nitrogen functional groups attached to an aromatic ring is 1. The van der Waals surface area contributed by atoms with Gasteiger partial charge in [0.2, 0.25) is 0 Å². The number of nitrogens with zero attached hydrogens (tertiary/aromatic N) is 1. The van der Waals surface area contributed by atoms with Crippen molar-refractivity contribution < 1.29 is 0 Å². The molecule has 0 saturated carbocycles. The summed E-state index contributed by atoms with van der Waals surface area (Å²) in [6.45, 7) is 0. The number of rotatable bonds is 2. The Balaban J connectivity index is 2.43. The minimum Gasteiger partial charge on any atom is -0.398 e. The molecule has 0 saturated heterocycles. The maximum absolute atomic E-state index is 6.12. The average molecular weight is 268 g/mol. The highest BCUT2D eigenvalue weighted by atomic mass is 35.5. The molecule has 1 aromatic heterocycles. The van der Waals surface area contributed by atoms with E-state index in [0.29, 0.717) is 15.7 Å². The lowest BCUT2D eigenvalue weighted by Gasteiger charge is -2.14. The smallest absolute Gasteiger partial charge is 0.0588 e. The molecule has 0 fully saturated rings. The van der Waals surface area contributed by atoms with Crippen molar-refractivity contribution in [1.82, 2.24) is 4.98 Å². The number of pyridine rings is 1. The second-order valence-corrected chi connectivity index (χ2v) is 4.56. The first kappa shape index (κ1) is 12.2. The van der Waals surface area contributed by atoms with Gasteiger partial charge in [0.25, 0.3) is 0 Å². The second-order valence-electron chi connectivity index (χ2n) is 3.69. The Kier molecular flexibility index (Phi) is 3.52. The van der Waals surface area contributed by atoms with Crippen LogP contribution < -0.4 is 11.5 Å². The Hall–Kier alpha value is -1.29. The van der Waals surface area contributed by atoms with Gasteiger partial charge in [-0.3, -0.25) is 4.98 Å². The number of hydrogen-bond donors (Lipinski definition) is 2. The summed E-state index contributed by atoms with van der Waals surface area (Å²) < 4.78 is 0. The monoisotopic (exact) mass is 267 g/mol. The lowest BCUT2D eigenvalue weighted by molar-refractivity contribution is 0.867. The molecule has 0 aliphatic carbocycles. The van der Waals surface area contributed by atoms with Gasteiger partial charge in [-0.2, -0.15) is 0 Å². The highest BCUT2D eigenvalue weighted by Crippen LogP contribution is 2.28. The third-order valence-corrected chi connectivity index (χ3v) is 2.90. The highest BCUT2D eigenvalue weighted by molar-refractivity contribution is 6.34. The molecule has 1 aromatic carbocycles. The molecule has 3 nitrogen and oxygen atoms in total. The summed E-state index contributed by atoms with van der Waals surface area (Å²) in [5.74, 6) is 0. The largest absolute Gasteiger partial charge is 0.398 e. The van der Waals surface area contributed by atoms with Crippen LogP contribution in [0.3, 0.4) is 0 Å². The van der Waals surface area contributed by atoms with Crippen molar-refractivity contribution in [1.29, 1.82) is 0 Å². The fourth-order valence-electron chi connectivity index (χ4n) is 1.61. The molecular formula is C12H11Cl2N3. The van der Waals surface area contributed by atoms with E-state index in [1.54, 1.807) is 36.7 Å². The normalized spacial score (nSPS) is 12.4. The third kappa shape index (κ3) is 2.69. The van der Waals surface area contributed by atoms with Crippen LogP contribution in [0.25, 0.3) is 0 Å². The lowest BCUT2D eigenvalue weighted by Crippen LogP contribution is -2.14. The van der Waals surface area contributed by atoms with Crippen molar-refractivity contribution in [3.8, 4) is 0 Å². The number of aromatic nitrogens is 1. The zero-order valence-corrected chi connectivity index (χ0v) is 10.4. The summed E-state index contributed by atoms with van der Waals surface area (Å²) in [6, 6.07) is 6.52. The summed E-state index contributed by atoms with van der Waals surface area (Å²) in [6.07, 6.45) is 3.27. The van der Waals surface area contributed by atoms with E-state index in [1.807, 2.05) is 0 Å². The maximum Gasteiger partial charge on any atom is 0.0588 e. The Morgan fingerprint density at radius 3 is 2.35 bits per heavy atom. The van der Waals surface area contributed by atoms with Crippen LogP contribution >= 0.6 is 23.2 Å². The zero-order chi connectivity index (χ0) is 12.4. The molecule has 0 spiro atoms. The van der Waals surface area contributed by atoms with Crippen molar-refractivity contribution in [2.24, 2.45) is 5.73 Å². The Morgan fingerprint density at radius 2 is 1.76 bits per heavy atom. The molecule has 1 atom stereocenters. The maximum atomic E-state index is 6.12. The van der Waals surface area contributed by atoms with E-state index in [2.05, 4.69) is 4.98 Å². The van der Waals surface area contributed by atoms with E-state index in [4.69, 9.17) is 34.7 Å². The summed E-state index contributed by atoms with van der Waals surface area (Å²) in [5.41, 5.74) is 14.1. The Morgan fingerprint density at radius 1 is 1.12 bits per heavy atom. The summed E-state index contributed by atoms with van der Waals surface area (Å²) in [5, 5.41) is 1.09. The van der Waals surface area contributed by atoms with Crippen LogP contribution in [0.1, 0.15) is 17.2 Å². The van der Waals surface area contributed by atoms with Crippen LogP contribution in [-0.4, -0.2) is 4.98 Å². The fourth-order valence-corrected chi connectivity index (χ4v) is 2.15. The molecule has 1 heterocycles. The highest BCUT2D eigenvalue weighted by Gasteiger charge is 2.13. The lowest BCUT2D eigenvalue weighted by atomic mass is 10.00. The molecule has 0 bridgehead atoms. The van der Waals surface area contributed by atoms with Gasteiger partial charge in [-0.1, -0.05) is 23.2 Å². The molecule has 88 valence electrons. The number of anilines is 1. The standard InChI is InChI=1S/C12H11Cl2N3/c13-8-3-7(4-9(14)5-8)12(16)10-6-17-2-1-11(10)15/h1-6,12H,16H2,(H2,15,17). The van der Waals surface area contributed by atoms with Crippen LogP contribution in [-0.2, 0) is 0 Å². The molecule has 0 aliphatic heterocycles. The molecule has 17 heavy (non-hydrogen) atoms. The molecule has 5 heteroatoms. The molecule has 0 aliphatic rings. The van der Waals surface area contributed by atoms with E-state index in [0.717, 1.165) is 11.1 Å². The SMILES string of the molecule is Nc1ccncc1C(N)c1cc(Cl)cc(Cl)c1. The van der Waals surface area contributed by atoms with Crippen LogP contribution in [0.4, 0.5) is 5.69 Å². The van der Waals surface area contributed by atoms with Gasteiger partial charge in [0.05, 0.1) is 6.04 Å². The van der Waals surface area contributed by atoms with Crippen LogP contribution in [0.5, 0.6) is 0 Å². The molecule has 2 rings (SSSR count). The van der Waals surface area contributed by atoms with Crippen molar-refractivity contribution >= 4 is 28.9 Å². The summed E-state index contributed by atoms with van der Waals surface area (Å²) in [4.78, 5) is 4.01. The first-order valence-electron chi connectivity index (χ1n) is 4.99. The van der Waals surface area contributed by atoms with Gasteiger partial charge < -0.3 is 11.5 Å². The fraction of sp³-hybridized carbons (Fsp3) is 0.0833. The van der Waals surface area contributed by atoms with E-state index < -0.39 is 0 Å². The van der Waals surface area contributed by atoms with Gasteiger partial charge in [0, 0.05) is 33.7 Å². The van der Waals surface area contributed by atoms with Gasteiger partial charge in [0.1, 0.15) is 0 Å². The van der Waals surface area contributed by atoms with Gasteiger partial charge in [-0.05, 0) is 29.8 Å². The molecule has 0 amide bonds. The van der Waals surface area contributed by atoms with Gasteiger partial charge in [0.15, 0.2) is 0 Å². The Labute approximate surface area is 109 Å². The third-order valence-electron chi connectivity index (χ3n) is 2.47. The van der Waals surface area contributed by atoms with Crippen molar-refractivity contribution in [2.75, 3.05) is 5.73 Å². The molecule has 1 unspecified atom stereocenters. The molecule has 4 N–H and O–H groups in total. The quantitative estimate of drug-likeness (QED) is 0.879. The van der Waals surface area contributed by atoms with Crippen LogP contribution in [0.15, 0.2) is 36.7 Å². The molecule has 0 radical (unpaired) electrons.